The Morgan fingerprint density at radius 3 is 2.69 bits per heavy atom. The summed E-state index contributed by atoms with van der Waals surface area (Å²) in [7, 11) is 0. The second-order valence-electron chi connectivity index (χ2n) is 6.60. The molecule has 132 valence electrons. The van der Waals surface area contributed by atoms with E-state index in [-0.39, 0.29) is 5.91 Å². The molecule has 26 heavy (non-hydrogen) atoms. The third-order valence-electron chi connectivity index (χ3n) is 4.78. The highest BCUT2D eigenvalue weighted by molar-refractivity contribution is 6.07. The van der Waals surface area contributed by atoms with Gasteiger partial charge in [-0.15, -0.1) is 0 Å². The van der Waals surface area contributed by atoms with Gasteiger partial charge in [0.25, 0.3) is 5.91 Å². The minimum Gasteiger partial charge on any atom is -0.307 e. The van der Waals surface area contributed by atoms with Crippen molar-refractivity contribution < 1.29 is 4.79 Å². The van der Waals surface area contributed by atoms with Crippen molar-refractivity contribution in [1.29, 1.82) is 0 Å². The summed E-state index contributed by atoms with van der Waals surface area (Å²) in [5, 5.41) is 7.41. The molecule has 1 fully saturated rings. The first-order valence-corrected chi connectivity index (χ1v) is 8.96. The third-order valence-corrected chi connectivity index (χ3v) is 4.78. The van der Waals surface area contributed by atoms with E-state index in [9.17, 15) is 4.79 Å². The highest BCUT2D eigenvalue weighted by Gasteiger charge is 2.22. The van der Waals surface area contributed by atoms with E-state index in [1.807, 2.05) is 48.0 Å². The van der Waals surface area contributed by atoms with Gasteiger partial charge in [0.05, 0.1) is 23.5 Å². The maximum atomic E-state index is 13.0. The van der Waals surface area contributed by atoms with E-state index in [1.165, 1.54) is 12.8 Å². The molecule has 1 saturated carbocycles. The predicted molar refractivity (Wildman–Crippen MR) is 99.9 cm³/mol. The van der Waals surface area contributed by atoms with Crippen molar-refractivity contribution in [2.24, 2.45) is 0 Å². The van der Waals surface area contributed by atoms with E-state index >= 15 is 0 Å². The topological polar surface area (TPSA) is 72.7 Å². The molecule has 6 heteroatoms. The highest BCUT2D eigenvalue weighted by atomic mass is 16.1. The standard InChI is InChI=1S/C20H21N5O/c1-14-21-13-17(19(23-14)15-7-3-2-4-8-15)20(26)24-18-11-12-22-25(18)16-9-5-6-10-16/h2-4,7-8,11-13,16H,5-6,9-10H2,1H3,(H,24,26). The van der Waals surface area contributed by atoms with Gasteiger partial charge in [0.15, 0.2) is 0 Å². The van der Waals surface area contributed by atoms with Crippen LogP contribution in [0.1, 0.15) is 47.9 Å². The first-order valence-electron chi connectivity index (χ1n) is 8.96. The molecule has 0 aliphatic heterocycles. The fourth-order valence-electron chi connectivity index (χ4n) is 3.49. The van der Waals surface area contributed by atoms with Crippen LogP contribution in [0.15, 0.2) is 48.8 Å². The molecule has 1 N–H and O–H groups in total. The summed E-state index contributed by atoms with van der Waals surface area (Å²) in [5.41, 5.74) is 2.00. The minimum absolute atomic E-state index is 0.219. The van der Waals surface area contributed by atoms with Crippen LogP contribution in [0, 0.1) is 6.92 Å². The van der Waals surface area contributed by atoms with Crippen LogP contribution in [-0.4, -0.2) is 25.7 Å². The minimum atomic E-state index is -0.219. The Hall–Kier alpha value is -3.02. The first kappa shape index (κ1) is 16.4. The summed E-state index contributed by atoms with van der Waals surface area (Å²) in [4.78, 5) is 21.7. The molecule has 0 spiro atoms. The van der Waals surface area contributed by atoms with Gasteiger partial charge in [0.2, 0.25) is 0 Å². The largest absolute Gasteiger partial charge is 0.307 e. The average molecular weight is 347 g/mol. The maximum Gasteiger partial charge on any atom is 0.260 e. The molecule has 3 aromatic rings. The molecule has 1 aliphatic rings. The Kier molecular flexibility index (Phi) is 4.48. The van der Waals surface area contributed by atoms with E-state index in [0.717, 1.165) is 24.2 Å². The number of carbonyl (C=O) groups excluding carboxylic acids is 1. The summed E-state index contributed by atoms with van der Waals surface area (Å²) >= 11 is 0. The number of hydrogen-bond donors (Lipinski definition) is 1. The van der Waals surface area contributed by atoms with Crippen LogP contribution in [-0.2, 0) is 0 Å². The van der Waals surface area contributed by atoms with Gasteiger partial charge in [-0.2, -0.15) is 5.10 Å². The Balaban J connectivity index is 1.65. The van der Waals surface area contributed by atoms with Crippen molar-refractivity contribution in [2.75, 3.05) is 5.32 Å². The molecule has 1 aliphatic carbocycles. The van der Waals surface area contributed by atoms with Gasteiger partial charge in [-0.25, -0.2) is 14.6 Å². The molecule has 0 saturated heterocycles. The molecule has 2 heterocycles. The second-order valence-corrected chi connectivity index (χ2v) is 6.60. The molecule has 1 aromatic carbocycles. The Labute approximate surface area is 152 Å². The zero-order valence-corrected chi connectivity index (χ0v) is 14.7. The van der Waals surface area contributed by atoms with Crippen LogP contribution in [0.2, 0.25) is 0 Å². The van der Waals surface area contributed by atoms with Gasteiger partial charge in [0.1, 0.15) is 11.6 Å². The molecule has 0 unspecified atom stereocenters. The fraction of sp³-hybridized carbons (Fsp3) is 0.300. The molecule has 0 radical (unpaired) electrons. The summed E-state index contributed by atoms with van der Waals surface area (Å²) in [5.74, 6) is 1.14. The normalized spacial score (nSPS) is 14.5. The maximum absolute atomic E-state index is 13.0. The van der Waals surface area contributed by atoms with Crippen molar-refractivity contribution in [3.63, 3.8) is 0 Å². The van der Waals surface area contributed by atoms with Crippen LogP contribution < -0.4 is 5.32 Å². The van der Waals surface area contributed by atoms with Crippen LogP contribution in [0.25, 0.3) is 11.3 Å². The van der Waals surface area contributed by atoms with Crippen molar-refractivity contribution in [3.8, 4) is 11.3 Å². The number of benzene rings is 1. The predicted octanol–water partition coefficient (Wildman–Crippen LogP) is 4.02. The van der Waals surface area contributed by atoms with Gasteiger partial charge < -0.3 is 5.32 Å². The molecule has 0 bridgehead atoms. The Bertz CT molecular complexity index is 913. The van der Waals surface area contributed by atoms with Gasteiger partial charge in [-0.1, -0.05) is 43.2 Å². The number of nitrogens with zero attached hydrogens (tertiary/aromatic N) is 4. The number of carbonyl (C=O) groups is 1. The van der Waals surface area contributed by atoms with E-state index in [4.69, 9.17) is 0 Å². The summed E-state index contributed by atoms with van der Waals surface area (Å²) in [6.07, 6.45) is 7.96. The van der Waals surface area contributed by atoms with Gasteiger partial charge in [-0.05, 0) is 19.8 Å². The van der Waals surface area contributed by atoms with Gasteiger partial charge >= 0.3 is 0 Å². The molecule has 1 amide bonds. The summed E-state index contributed by atoms with van der Waals surface area (Å²) in [6, 6.07) is 11.9. The number of anilines is 1. The Morgan fingerprint density at radius 2 is 1.92 bits per heavy atom. The molecule has 2 aromatic heterocycles. The van der Waals surface area contributed by atoms with E-state index in [2.05, 4.69) is 20.4 Å². The second kappa shape index (κ2) is 7.07. The summed E-state index contributed by atoms with van der Waals surface area (Å²) in [6.45, 7) is 1.82. The average Bonchev–Trinajstić information content (AvgIpc) is 3.33. The van der Waals surface area contributed by atoms with Crippen molar-refractivity contribution in [2.45, 2.75) is 38.6 Å². The molecule has 0 atom stereocenters. The fourth-order valence-corrected chi connectivity index (χ4v) is 3.49. The quantitative estimate of drug-likeness (QED) is 0.774. The number of aryl methyl sites for hydroxylation is 1. The lowest BCUT2D eigenvalue weighted by Crippen LogP contribution is -2.19. The summed E-state index contributed by atoms with van der Waals surface area (Å²) < 4.78 is 1.93. The van der Waals surface area contributed by atoms with Crippen LogP contribution in [0.5, 0.6) is 0 Å². The van der Waals surface area contributed by atoms with Crippen molar-refractivity contribution in [3.05, 3.63) is 60.2 Å². The third kappa shape index (κ3) is 3.22. The van der Waals surface area contributed by atoms with Crippen LogP contribution in [0.4, 0.5) is 5.82 Å². The van der Waals surface area contributed by atoms with Crippen LogP contribution >= 0.6 is 0 Å². The van der Waals surface area contributed by atoms with Crippen molar-refractivity contribution >= 4 is 11.7 Å². The molecular formula is C20H21N5O. The zero-order chi connectivity index (χ0) is 17.9. The lowest BCUT2D eigenvalue weighted by Gasteiger charge is -2.15. The van der Waals surface area contributed by atoms with Gasteiger partial charge in [-0.3, -0.25) is 4.79 Å². The number of amides is 1. The van der Waals surface area contributed by atoms with Crippen LogP contribution in [0.3, 0.4) is 0 Å². The number of hydrogen-bond acceptors (Lipinski definition) is 4. The molecular weight excluding hydrogens is 326 g/mol. The van der Waals surface area contributed by atoms with E-state index in [0.29, 0.717) is 23.1 Å². The SMILES string of the molecule is Cc1ncc(C(=O)Nc2ccnn2C2CCCC2)c(-c2ccccc2)n1. The van der Waals surface area contributed by atoms with E-state index in [1.54, 1.807) is 12.4 Å². The van der Waals surface area contributed by atoms with E-state index < -0.39 is 0 Å². The van der Waals surface area contributed by atoms with Crippen molar-refractivity contribution in [1.82, 2.24) is 19.7 Å². The lowest BCUT2D eigenvalue weighted by atomic mass is 10.1. The van der Waals surface area contributed by atoms with Gasteiger partial charge in [0, 0.05) is 17.8 Å². The Morgan fingerprint density at radius 1 is 1.15 bits per heavy atom. The number of aromatic nitrogens is 4. The highest BCUT2D eigenvalue weighted by Crippen LogP contribution is 2.31. The number of rotatable bonds is 4. The smallest absolute Gasteiger partial charge is 0.260 e. The zero-order valence-electron chi connectivity index (χ0n) is 14.7. The number of nitrogens with one attached hydrogen (secondary N) is 1. The first-order chi connectivity index (χ1) is 12.7. The molecule has 4 rings (SSSR count). The monoisotopic (exact) mass is 347 g/mol. The lowest BCUT2D eigenvalue weighted by molar-refractivity contribution is 0.102. The molecule has 6 nitrogen and oxygen atoms in total.